The molecule has 0 fully saturated rings. The topological polar surface area (TPSA) is 47.9 Å². The summed E-state index contributed by atoms with van der Waals surface area (Å²) in [6.45, 7) is 0. The Morgan fingerprint density at radius 1 is 1.09 bits per heavy atom. The maximum atomic E-state index is 12.5. The van der Waals surface area contributed by atoms with E-state index in [2.05, 4.69) is 21.1 Å². The molecule has 1 atom stereocenters. The van der Waals surface area contributed by atoms with Crippen LogP contribution in [-0.2, 0) is 15.6 Å². The molecule has 0 aliphatic rings. The van der Waals surface area contributed by atoms with Gasteiger partial charge in [0.25, 0.3) is 0 Å². The number of nitrogens with zero attached hydrogens (tertiary/aromatic N) is 1. The SMILES string of the molecule is CO/N=C(\C[S@](=O)c1ccc(Br)cc1)c1ccc(OC)cc1. The zero-order chi connectivity index (χ0) is 15.9. The number of methoxy groups -OCH3 is 1. The summed E-state index contributed by atoms with van der Waals surface area (Å²) in [6, 6.07) is 14.8. The van der Waals surface area contributed by atoms with Crippen molar-refractivity contribution in [2.75, 3.05) is 20.0 Å². The molecule has 0 aliphatic carbocycles. The molecule has 2 rings (SSSR count). The minimum atomic E-state index is -1.19. The third-order valence-electron chi connectivity index (χ3n) is 2.97. The van der Waals surface area contributed by atoms with Crippen molar-refractivity contribution in [3.63, 3.8) is 0 Å². The average molecular weight is 382 g/mol. The molecule has 116 valence electrons. The summed E-state index contributed by atoms with van der Waals surface area (Å²) in [5, 5.41) is 4.01. The van der Waals surface area contributed by atoms with Crippen LogP contribution >= 0.6 is 15.9 Å². The Hall–Kier alpha value is -1.66. The van der Waals surface area contributed by atoms with Gasteiger partial charge in [0.1, 0.15) is 12.9 Å². The number of rotatable bonds is 6. The second-order valence-electron chi connectivity index (χ2n) is 4.39. The summed E-state index contributed by atoms with van der Waals surface area (Å²) in [5.74, 6) is 1.04. The van der Waals surface area contributed by atoms with Gasteiger partial charge in [0, 0.05) is 14.9 Å². The lowest BCUT2D eigenvalue weighted by Gasteiger charge is -2.07. The van der Waals surface area contributed by atoms with Gasteiger partial charge in [-0.2, -0.15) is 0 Å². The third kappa shape index (κ3) is 4.42. The van der Waals surface area contributed by atoms with Crippen LogP contribution < -0.4 is 4.74 Å². The predicted molar refractivity (Wildman–Crippen MR) is 92.0 cm³/mol. The van der Waals surface area contributed by atoms with Crippen molar-refractivity contribution in [1.29, 1.82) is 0 Å². The van der Waals surface area contributed by atoms with Gasteiger partial charge in [-0.3, -0.25) is 4.21 Å². The van der Waals surface area contributed by atoms with Crippen LogP contribution in [0.4, 0.5) is 0 Å². The summed E-state index contributed by atoms with van der Waals surface area (Å²) in [4.78, 5) is 5.64. The van der Waals surface area contributed by atoms with E-state index < -0.39 is 10.8 Å². The van der Waals surface area contributed by atoms with Crippen LogP contribution in [0.3, 0.4) is 0 Å². The van der Waals surface area contributed by atoms with Crippen LogP contribution in [-0.4, -0.2) is 29.9 Å². The number of hydrogen-bond acceptors (Lipinski definition) is 4. The summed E-state index contributed by atoms with van der Waals surface area (Å²) in [7, 11) is 1.90. The van der Waals surface area contributed by atoms with E-state index >= 15 is 0 Å². The van der Waals surface area contributed by atoms with Crippen molar-refractivity contribution in [3.05, 3.63) is 58.6 Å². The van der Waals surface area contributed by atoms with E-state index in [1.807, 2.05) is 48.5 Å². The van der Waals surface area contributed by atoms with Crippen molar-refractivity contribution in [3.8, 4) is 5.75 Å². The van der Waals surface area contributed by atoms with Crippen LogP contribution in [0.2, 0.25) is 0 Å². The van der Waals surface area contributed by atoms with Gasteiger partial charge in [0.05, 0.1) is 29.4 Å². The molecule has 0 N–H and O–H groups in total. The van der Waals surface area contributed by atoms with E-state index in [1.165, 1.54) is 7.11 Å². The Morgan fingerprint density at radius 3 is 2.27 bits per heavy atom. The van der Waals surface area contributed by atoms with Crippen molar-refractivity contribution < 1.29 is 13.8 Å². The second kappa shape index (κ2) is 8.10. The number of benzene rings is 2. The molecule has 0 spiro atoms. The number of halogens is 1. The molecule has 0 aliphatic heterocycles. The van der Waals surface area contributed by atoms with Gasteiger partial charge in [0.15, 0.2) is 0 Å². The highest BCUT2D eigenvalue weighted by Crippen LogP contribution is 2.16. The molecule has 0 unspecified atom stereocenters. The Morgan fingerprint density at radius 2 is 1.73 bits per heavy atom. The van der Waals surface area contributed by atoms with Crippen molar-refractivity contribution in [1.82, 2.24) is 0 Å². The normalized spacial score (nSPS) is 12.8. The van der Waals surface area contributed by atoms with Gasteiger partial charge in [-0.1, -0.05) is 21.1 Å². The molecular formula is C16H16BrNO3S. The monoisotopic (exact) mass is 381 g/mol. The molecule has 0 bridgehead atoms. The number of ether oxygens (including phenoxy) is 1. The molecule has 6 heteroatoms. The zero-order valence-corrected chi connectivity index (χ0v) is 14.7. The Bertz CT molecular complexity index is 669. The van der Waals surface area contributed by atoms with Gasteiger partial charge in [0.2, 0.25) is 0 Å². The minimum absolute atomic E-state index is 0.280. The molecule has 0 saturated carbocycles. The van der Waals surface area contributed by atoms with E-state index in [0.717, 1.165) is 20.7 Å². The minimum Gasteiger partial charge on any atom is -0.497 e. The molecule has 2 aromatic rings. The summed E-state index contributed by atoms with van der Waals surface area (Å²) in [5.41, 5.74) is 1.49. The average Bonchev–Trinajstić information content (AvgIpc) is 2.55. The van der Waals surface area contributed by atoms with Crippen LogP contribution in [0, 0.1) is 0 Å². The first-order valence-electron chi connectivity index (χ1n) is 6.52. The molecule has 0 amide bonds. The van der Waals surface area contributed by atoms with Crippen molar-refractivity contribution >= 4 is 32.4 Å². The fourth-order valence-electron chi connectivity index (χ4n) is 1.85. The highest BCUT2D eigenvalue weighted by molar-refractivity contribution is 9.10. The van der Waals surface area contributed by atoms with Gasteiger partial charge in [-0.25, -0.2) is 0 Å². The van der Waals surface area contributed by atoms with Gasteiger partial charge < -0.3 is 9.57 Å². The molecule has 0 radical (unpaired) electrons. The maximum absolute atomic E-state index is 12.5. The molecule has 0 heterocycles. The van der Waals surface area contributed by atoms with Crippen LogP contribution in [0.15, 0.2) is 63.1 Å². The van der Waals surface area contributed by atoms with E-state index in [-0.39, 0.29) is 5.75 Å². The predicted octanol–water partition coefficient (Wildman–Crippen LogP) is 3.62. The zero-order valence-electron chi connectivity index (χ0n) is 12.3. The largest absolute Gasteiger partial charge is 0.497 e. The summed E-state index contributed by atoms with van der Waals surface area (Å²) in [6.07, 6.45) is 0. The van der Waals surface area contributed by atoms with E-state index in [1.54, 1.807) is 7.11 Å². The first-order valence-corrected chi connectivity index (χ1v) is 8.63. The fourth-order valence-corrected chi connectivity index (χ4v) is 3.19. The van der Waals surface area contributed by atoms with Crippen LogP contribution in [0.25, 0.3) is 0 Å². The molecule has 0 aromatic heterocycles. The summed E-state index contributed by atoms with van der Waals surface area (Å²) < 4.78 is 18.6. The van der Waals surface area contributed by atoms with Gasteiger partial charge in [-0.05, 0) is 48.5 Å². The van der Waals surface area contributed by atoms with E-state index in [9.17, 15) is 4.21 Å². The molecular weight excluding hydrogens is 366 g/mol. The van der Waals surface area contributed by atoms with Crippen LogP contribution in [0.5, 0.6) is 5.75 Å². The lowest BCUT2D eigenvalue weighted by Crippen LogP contribution is -2.13. The standard InChI is InChI=1S/C16H16BrNO3S/c1-20-14-7-3-12(4-8-14)16(18-21-2)11-22(19)15-9-5-13(17)6-10-15/h3-10H,11H2,1-2H3/b18-16+/t22-/m0/s1. The van der Waals surface area contributed by atoms with Crippen molar-refractivity contribution in [2.24, 2.45) is 5.16 Å². The first kappa shape index (κ1) is 16.7. The van der Waals surface area contributed by atoms with Crippen molar-refractivity contribution in [2.45, 2.75) is 4.90 Å². The Labute approximate surface area is 140 Å². The molecule has 22 heavy (non-hydrogen) atoms. The third-order valence-corrected chi connectivity index (χ3v) is 4.83. The quantitative estimate of drug-likeness (QED) is 0.567. The van der Waals surface area contributed by atoms with E-state index in [4.69, 9.17) is 9.57 Å². The fraction of sp³-hybridized carbons (Fsp3) is 0.188. The lowest BCUT2D eigenvalue weighted by atomic mass is 10.1. The molecule has 2 aromatic carbocycles. The molecule has 0 saturated heterocycles. The number of oxime groups is 1. The highest BCUT2D eigenvalue weighted by atomic mass is 79.9. The first-order chi connectivity index (χ1) is 10.6. The Kier molecular flexibility index (Phi) is 6.15. The van der Waals surface area contributed by atoms with Gasteiger partial charge in [-0.15, -0.1) is 0 Å². The Balaban J connectivity index is 2.19. The molecule has 4 nitrogen and oxygen atoms in total. The van der Waals surface area contributed by atoms with Crippen LogP contribution in [0.1, 0.15) is 5.56 Å². The smallest absolute Gasteiger partial charge is 0.118 e. The van der Waals surface area contributed by atoms with E-state index in [0.29, 0.717) is 5.71 Å². The second-order valence-corrected chi connectivity index (χ2v) is 6.76. The highest BCUT2D eigenvalue weighted by Gasteiger charge is 2.12. The summed E-state index contributed by atoms with van der Waals surface area (Å²) >= 11 is 3.37. The lowest BCUT2D eigenvalue weighted by molar-refractivity contribution is 0.213. The number of hydrogen-bond donors (Lipinski definition) is 0. The van der Waals surface area contributed by atoms with Gasteiger partial charge >= 0.3 is 0 Å². The maximum Gasteiger partial charge on any atom is 0.118 e.